The summed E-state index contributed by atoms with van der Waals surface area (Å²) in [5.74, 6) is -1.37. The molecule has 0 aromatic carbocycles. The number of ether oxygens (including phenoxy) is 1. The van der Waals surface area contributed by atoms with Crippen molar-refractivity contribution in [2.24, 2.45) is 5.73 Å². The van der Waals surface area contributed by atoms with Crippen molar-refractivity contribution < 1.29 is 24.2 Å². The van der Waals surface area contributed by atoms with Gasteiger partial charge >= 0.3 is 11.9 Å². The lowest BCUT2D eigenvalue weighted by atomic mass is 10.1. The molecule has 0 aliphatic rings. The van der Waals surface area contributed by atoms with Gasteiger partial charge in [-0.25, -0.2) is 4.79 Å². The number of hydrogen-bond acceptors (Lipinski definition) is 5. The van der Waals surface area contributed by atoms with Crippen LogP contribution in [0, 0.1) is 0 Å². The molecule has 0 bridgehead atoms. The van der Waals surface area contributed by atoms with Crippen molar-refractivity contribution in [3.63, 3.8) is 0 Å². The Balaban J connectivity index is 4.41. The molecule has 4 N–H and O–H groups in total. The maximum atomic E-state index is 12.6. The average Bonchev–Trinajstić information content (AvgIpc) is 3.04. The highest BCUT2D eigenvalue weighted by Crippen LogP contribution is 2.14. The number of nitrogens with two attached hydrogens (primary N) is 1. The molecule has 2 unspecified atom stereocenters. The van der Waals surface area contributed by atoms with E-state index in [4.69, 9.17) is 10.5 Å². The summed E-state index contributed by atoms with van der Waals surface area (Å²) in [5.41, 5.74) is 5.46. The summed E-state index contributed by atoms with van der Waals surface area (Å²) in [7, 11) is 0. The molecule has 2 atom stereocenters. The molecule has 1 amide bonds. The summed E-state index contributed by atoms with van der Waals surface area (Å²) >= 11 is 0. The van der Waals surface area contributed by atoms with Crippen molar-refractivity contribution in [3.05, 3.63) is 48.6 Å². The van der Waals surface area contributed by atoms with E-state index >= 15 is 0 Å². The number of rotatable bonds is 32. The second-order valence-corrected chi connectivity index (χ2v) is 12.3. The van der Waals surface area contributed by atoms with Gasteiger partial charge in [0.05, 0.1) is 0 Å². The molecule has 0 aliphatic heterocycles. The van der Waals surface area contributed by atoms with E-state index in [1.165, 1.54) is 38.5 Å². The summed E-state index contributed by atoms with van der Waals surface area (Å²) in [6.07, 6.45) is 38.8. The standard InChI is InChI=1S/C39H68N2O5/c1-3-5-7-9-11-13-14-15-16-17-19-21-27-33-38(43)46-35(29-24-20-18-12-10-8-6-4-2)30-25-22-23-26-32-37(42)41-36(39(44)45)31-28-34-40/h7,9,12-14,18,24,29,35-36H,3-6,8,10-11,15-17,19-23,25-28,30-34,40H2,1-2H3,(H,41,42)(H,44,45)/b9-7-,14-13-,18-12-,29-24-. The molecule has 7 nitrogen and oxygen atoms in total. The van der Waals surface area contributed by atoms with Crippen LogP contribution >= 0.6 is 0 Å². The SMILES string of the molecule is CCC/C=C\C/C=C\CCCCCCCC(=O)OC(/C=C\C/C=C\CCCCC)CCCCCCC(=O)NC(CCCN)C(=O)O. The van der Waals surface area contributed by atoms with Gasteiger partial charge in [0, 0.05) is 12.8 Å². The van der Waals surface area contributed by atoms with Crippen LogP contribution in [0.3, 0.4) is 0 Å². The number of hydrogen-bond donors (Lipinski definition) is 3. The van der Waals surface area contributed by atoms with Gasteiger partial charge in [-0.2, -0.15) is 0 Å². The molecule has 0 heterocycles. The first kappa shape index (κ1) is 43.3. The van der Waals surface area contributed by atoms with E-state index in [1.807, 2.05) is 6.08 Å². The number of carbonyl (C=O) groups excluding carboxylic acids is 2. The molecule has 264 valence electrons. The monoisotopic (exact) mass is 645 g/mol. The second kappa shape index (κ2) is 33.7. The predicted octanol–water partition coefficient (Wildman–Crippen LogP) is 9.66. The van der Waals surface area contributed by atoms with Gasteiger partial charge in [-0.15, -0.1) is 0 Å². The van der Waals surface area contributed by atoms with E-state index in [1.54, 1.807) is 0 Å². The first-order valence-corrected chi connectivity index (χ1v) is 18.5. The number of aliphatic carboxylic acids is 1. The summed E-state index contributed by atoms with van der Waals surface area (Å²) in [6, 6.07) is -0.875. The maximum Gasteiger partial charge on any atom is 0.326 e. The second-order valence-electron chi connectivity index (χ2n) is 12.3. The van der Waals surface area contributed by atoms with Crippen molar-refractivity contribution in [3.8, 4) is 0 Å². The van der Waals surface area contributed by atoms with Crippen LogP contribution in [0.15, 0.2) is 48.6 Å². The number of carbonyl (C=O) groups is 3. The molecule has 0 saturated carbocycles. The number of nitrogens with one attached hydrogen (secondary N) is 1. The van der Waals surface area contributed by atoms with Crippen molar-refractivity contribution >= 4 is 17.8 Å². The van der Waals surface area contributed by atoms with Crippen LogP contribution in [0.1, 0.15) is 162 Å². The number of allylic oxidation sites excluding steroid dienone is 7. The molecule has 0 radical (unpaired) electrons. The van der Waals surface area contributed by atoms with Crippen molar-refractivity contribution in [1.82, 2.24) is 5.32 Å². The topological polar surface area (TPSA) is 119 Å². The summed E-state index contributed by atoms with van der Waals surface area (Å²) in [6.45, 7) is 4.81. The highest BCUT2D eigenvalue weighted by molar-refractivity contribution is 5.83. The summed E-state index contributed by atoms with van der Waals surface area (Å²) < 4.78 is 5.87. The number of amides is 1. The van der Waals surface area contributed by atoms with E-state index in [0.717, 1.165) is 77.0 Å². The Labute approximate surface area is 281 Å². The molecule has 0 aromatic heterocycles. The van der Waals surface area contributed by atoms with Crippen LogP contribution in [0.25, 0.3) is 0 Å². The van der Waals surface area contributed by atoms with Gasteiger partial charge < -0.3 is 20.9 Å². The molecule has 0 spiro atoms. The Morgan fingerprint density at radius 2 is 1.24 bits per heavy atom. The molecule has 46 heavy (non-hydrogen) atoms. The number of esters is 1. The molecule has 0 aliphatic carbocycles. The molecule has 0 rings (SSSR count). The Morgan fingerprint density at radius 3 is 1.89 bits per heavy atom. The van der Waals surface area contributed by atoms with Crippen LogP contribution in [0.2, 0.25) is 0 Å². The summed E-state index contributed by atoms with van der Waals surface area (Å²) in [4.78, 5) is 36.1. The highest BCUT2D eigenvalue weighted by atomic mass is 16.5. The van der Waals surface area contributed by atoms with Crippen molar-refractivity contribution in [2.45, 2.75) is 174 Å². The Kier molecular flexibility index (Phi) is 31.7. The quantitative estimate of drug-likeness (QED) is 0.0381. The van der Waals surface area contributed by atoms with Gasteiger partial charge in [0.25, 0.3) is 0 Å². The van der Waals surface area contributed by atoms with Crippen LogP contribution in [-0.4, -0.2) is 41.6 Å². The third-order valence-corrected chi connectivity index (χ3v) is 7.83. The first-order chi connectivity index (χ1) is 22.4. The fraction of sp³-hybridized carbons (Fsp3) is 0.718. The van der Waals surface area contributed by atoms with Crippen LogP contribution in [-0.2, 0) is 19.1 Å². The maximum absolute atomic E-state index is 12.6. The smallest absolute Gasteiger partial charge is 0.326 e. The fourth-order valence-electron chi connectivity index (χ4n) is 5.02. The highest BCUT2D eigenvalue weighted by Gasteiger charge is 2.18. The van der Waals surface area contributed by atoms with Crippen LogP contribution in [0.4, 0.5) is 0 Å². The average molecular weight is 645 g/mol. The third kappa shape index (κ3) is 30.0. The van der Waals surface area contributed by atoms with E-state index in [0.29, 0.717) is 38.6 Å². The lowest BCUT2D eigenvalue weighted by Gasteiger charge is -2.15. The predicted molar refractivity (Wildman–Crippen MR) is 193 cm³/mol. The summed E-state index contributed by atoms with van der Waals surface area (Å²) in [5, 5.41) is 11.9. The third-order valence-electron chi connectivity index (χ3n) is 7.83. The van der Waals surface area contributed by atoms with Crippen molar-refractivity contribution in [2.75, 3.05) is 6.54 Å². The van der Waals surface area contributed by atoms with E-state index in [9.17, 15) is 19.5 Å². The zero-order valence-electron chi connectivity index (χ0n) is 29.4. The molecule has 0 fully saturated rings. The first-order valence-electron chi connectivity index (χ1n) is 18.5. The zero-order valence-corrected chi connectivity index (χ0v) is 29.4. The zero-order chi connectivity index (χ0) is 33.9. The number of unbranched alkanes of at least 4 members (excludes halogenated alkanes) is 12. The molecular weight excluding hydrogens is 576 g/mol. The minimum atomic E-state index is -1.02. The Hall–Kier alpha value is -2.67. The largest absolute Gasteiger partial charge is 0.480 e. The van der Waals surface area contributed by atoms with Gasteiger partial charge in [0.1, 0.15) is 12.1 Å². The van der Waals surface area contributed by atoms with Crippen molar-refractivity contribution in [1.29, 1.82) is 0 Å². The number of carboxylic acids is 1. The van der Waals surface area contributed by atoms with Gasteiger partial charge in [-0.05, 0) is 96.1 Å². The molecular formula is C39H68N2O5. The normalized spacial score (nSPS) is 13.3. The molecule has 7 heteroatoms. The van der Waals surface area contributed by atoms with Crippen LogP contribution in [0.5, 0.6) is 0 Å². The van der Waals surface area contributed by atoms with Gasteiger partial charge in [0.2, 0.25) is 5.91 Å². The Bertz CT molecular complexity index is 864. The van der Waals surface area contributed by atoms with Crippen LogP contribution < -0.4 is 11.1 Å². The minimum Gasteiger partial charge on any atom is -0.480 e. The molecule has 0 saturated heterocycles. The van der Waals surface area contributed by atoms with Gasteiger partial charge in [0.15, 0.2) is 0 Å². The fourth-order valence-corrected chi connectivity index (χ4v) is 5.02. The van der Waals surface area contributed by atoms with E-state index in [-0.39, 0.29) is 18.0 Å². The van der Waals surface area contributed by atoms with E-state index in [2.05, 4.69) is 61.7 Å². The Morgan fingerprint density at radius 1 is 0.652 bits per heavy atom. The lowest BCUT2D eigenvalue weighted by molar-refractivity contribution is -0.147. The van der Waals surface area contributed by atoms with E-state index < -0.39 is 12.0 Å². The number of carboxylic acid groups (broad SMARTS) is 1. The molecule has 0 aromatic rings. The lowest BCUT2D eigenvalue weighted by Crippen LogP contribution is -2.40. The van der Waals surface area contributed by atoms with Gasteiger partial charge in [-0.3, -0.25) is 9.59 Å². The van der Waals surface area contributed by atoms with Gasteiger partial charge in [-0.1, -0.05) is 108 Å². The minimum absolute atomic E-state index is 0.122.